The summed E-state index contributed by atoms with van der Waals surface area (Å²) in [5, 5.41) is 10.3. The molecule has 1 aliphatic heterocycles. The first kappa shape index (κ1) is 20.2. The van der Waals surface area contributed by atoms with Crippen LogP contribution in [-0.2, 0) is 6.54 Å². The van der Waals surface area contributed by atoms with E-state index in [0.29, 0.717) is 18.1 Å². The lowest BCUT2D eigenvalue weighted by Crippen LogP contribution is -2.48. The number of hydrogen-bond donors (Lipinski definition) is 0. The quantitative estimate of drug-likeness (QED) is 0.459. The molecule has 1 saturated heterocycles. The molecule has 0 unspecified atom stereocenters. The third-order valence-electron chi connectivity index (χ3n) is 5.56. The Balaban J connectivity index is 1.33. The second kappa shape index (κ2) is 8.11. The maximum atomic E-state index is 13.2. The van der Waals surface area contributed by atoms with Gasteiger partial charge in [0.1, 0.15) is 10.6 Å². The molecule has 0 saturated carbocycles. The van der Waals surface area contributed by atoms with Crippen LogP contribution in [0.1, 0.15) is 26.8 Å². The predicted molar refractivity (Wildman–Crippen MR) is 121 cm³/mol. The molecule has 5 rings (SSSR count). The van der Waals surface area contributed by atoms with Crippen LogP contribution in [0.2, 0.25) is 5.02 Å². The van der Waals surface area contributed by atoms with E-state index in [0.717, 1.165) is 57.6 Å². The lowest BCUT2D eigenvalue weighted by Gasteiger charge is -2.34. The second-order valence-electron chi connectivity index (χ2n) is 7.78. The Morgan fingerprint density at radius 1 is 1.16 bits per heavy atom. The Bertz CT molecular complexity index is 1250. The SMILES string of the molecule is Cc1cc(CN2CCN(C(=O)c3cc4c(C)nn(-c5ccccc5Cl)c4s3)CC2)no1. The molecule has 0 bridgehead atoms. The van der Waals surface area contributed by atoms with Crippen LogP contribution in [0.5, 0.6) is 0 Å². The highest BCUT2D eigenvalue weighted by atomic mass is 35.5. The molecule has 1 fully saturated rings. The molecule has 1 aliphatic rings. The summed E-state index contributed by atoms with van der Waals surface area (Å²) in [6.07, 6.45) is 0. The molecular weight excluding hydrogens is 434 g/mol. The summed E-state index contributed by atoms with van der Waals surface area (Å²) in [6.45, 7) is 7.62. The van der Waals surface area contributed by atoms with Crippen LogP contribution in [0.25, 0.3) is 15.9 Å². The molecule has 4 heterocycles. The van der Waals surface area contributed by atoms with E-state index in [-0.39, 0.29) is 5.91 Å². The van der Waals surface area contributed by atoms with Crippen molar-refractivity contribution >= 4 is 39.1 Å². The van der Waals surface area contributed by atoms with Gasteiger partial charge in [0.15, 0.2) is 0 Å². The Kier molecular flexibility index (Phi) is 5.29. The van der Waals surface area contributed by atoms with E-state index in [9.17, 15) is 4.79 Å². The molecule has 160 valence electrons. The summed E-state index contributed by atoms with van der Waals surface area (Å²) < 4.78 is 6.99. The van der Waals surface area contributed by atoms with Gasteiger partial charge in [0.05, 0.1) is 27.0 Å². The molecular formula is C22H22ClN5O2S. The van der Waals surface area contributed by atoms with E-state index >= 15 is 0 Å². The summed E-state index contributed by atoms with van der Waals surface area (Å²) in [6, 6.07) is 11.5. The Morgan fingerprint density at radius 2 is 1.94 bits per heavy atom. The van der Waals surface area contributed by atoms with E-state index in [4.69, 9.17) is 16.1 Å². The first-order valence-electron chi connectivity index (χ1n) is 10.2. The van der Waals surface area contributed by atoms with Crippen molar-refractivity contribution in [1.82, 2.24) is 24.7 Å². The molecule has 0 spiro atoms. The van der Waals surface area contributed by atoms with Gasteiger partial charge in [-0.2, -0.15) is 5.10 Å². The van der Waals surface area contributed by atoms with E-state index in [1.807, 2.05) is 59.8 Å². The average Bonchev–Trinajstić information content (AvgIpc) is 3.45. The number of piperazine rings is 1. The Hall–Kier alpha value is -2.68. The van der Waals surface area contributed by atoms with Crippen molar-refractivity contribution < 1.29 is 9.32 Å². The number of aromatic nitrogens is 3. The minimum absolute atomic E-state index is 0.0724. The first-order valence-corrected chi connectivity index (χ1v) is 11.4. The number of rotatable bonds is 4. The molecule has 0 radical (unpaired) electrons. The van der Waals surface area contributed by atoms with Crippen molar-refractivity contribution in [3.05, 3.63) is 63.4 Å². The van der Waals surface area contributed by atoms with Gasteiger partial charge < -0.3 is 9.42 Å². The number of hydrogen-bond acceptors (Lipinski definition) is 6. The molecule has 9 heteroatoms. The van der Waals surface area contributed by atoms with Gasteiger partial charge >= 0.3 is 0 Å². The molecule has 0 N–H and O–H groups in total. The fourth-order valence-corrected chi connectivity index (χ4v) is 5.29. The maximum Gasteiger partial charge on any atom is 0.264 e. The minimum atomic E-state index is 0.0724. The number of carbonyl (C=O) groups is 1. The van der Waals surface area contributed by atoms with Crippen LogP contribution in [0, 0.1) is 13.8 Å². The van der Waals surface area contributed by atoms with Crippen molar-refractivity contribution in [3.63, 3.8) is 0 Å². The third-order valence-corrected chi connectivity index (χ3v) is 6.98. The number of benzene rings is 1. The fraction of sp³-hybridized carbons (Fsp3) is 0.318. The monoisotopic (exact) mass is 455 g/mol. The third kappa shape index (κ3) is 3.86. The Morgan fingerprint density at radius 3 is 2.65 bits per heavy atom. The van der Waals surface area contributed by atoms with E-state index in [1.54, 1.807) is 0 Å². The van der Waals surface area contributed by atoms with Crippen molar-refractivity contribution in [3.8, 4) is 5.69 Å². The highest BCUT2D eigenvalue weighted by molar-refractivity contribution is 7.20. The first-order chi connectivity index (χ1) is 15.0. The van der Waals surface area contributed by atoms with Gasteiger partial charge in [-0.3, -0.25) is 9.69 Å². The van der Waals surface area contributed by atoms with E-state index in [1.165, 1.54) is 11.3 Å². The highest BCUT2D eigenvalue weighted by Crippen LogP contribution is 2.33. The van der Waals surface area contributed by atoms with Gasteiger partial charge in [0, 0.05) is 44.2 Å². The molecule has 0 atom stereocenters. The predicted octanol–water partition coefficient (Wildman–Crippen LogP) is 4.30. The van der Waals surface area contributed by atoms with Crippen LogP contribution >= 0.6 is 22.9 Å². The number of nitrogens with zero attached hydrogens (tertiary/aromatic N) is 5. The van der Waals surface area contributed by atoms with E-state index < -0.39 is 0 Å². The van der Waals surface area contributed by atoms with Crippen molar-refractivity contribution in [2.75, 3.05) is 26.2 Å². The number of halogens is 1. The zero-order valence-electron chi connectivity index (χ0n) is 17.3. The molecule has 31 heavy (non-hydrogen) atoms. The number of fused-ring (bicyclic) bond motifs is 1. The topological polar surface area (TPSA) is 67.4 Å². The lowest BCUT2D eigenvalue weighted by molar-refractivity contribution is 0.0630. The summed E-state index contributed by atoms with van der Waals surface area (Å²) in [4.78, 5) is 19.1. The van der Waals surface area contributed by atoms with Gasteiger partial charge in [0.25, 0.3) is 5.91 Å². The van der Waals surface area contributed by atoms with Crippen LogP contribution in [0.4, 0.5) is 0 Å². The molecule has 7 nitrogen and oxygen atoms in total. The number of thiophene rings is 1. The summed E-state index contributed by atoms with van der Waals surface area (Å²) >= 11 is 7.86. The maximum absolute atomic E-state index is 13.2. The summed E-state index contributed by atoms with van der Waals surface area (Å²) in [7, 11) is 0. The van der Waals surface area contributed by atoms with Crippen LogP contribution < -0.4 is 0 Å². The molecule has 4 aromatic rings. The summed E-state index contributed by atoms with van der Waals surface area (Å²) in [5.41, 5.74) is 2.64. The largest absolute Gasteiger partial charge is 0.361 e. The zero-order valence-corrected chi connectivity index (χ0v) is 18.9. The molecule has 1 amide bonds. The zero-order chi connectivity index (χ0) is 21.5. The molecule has 3 aromatic heterocycles. The van der Waals surface area contributed by atoms with E-state index in [2.05, 4.69) is 15.2 Å². The number of para-hydroxylation sites is 1. The van der Waals surface area contributed by atoms with Gasteiger partial charge in [0.2, 0.25) is 0 Å². The number of aryl methyl sites for hydroxylation is 2. The van der Waals surface area contributed by atoms with Gasteiger partial charge in [-0.25, -0.2) is 4.68 Å². The van der Waals surface area contributed by atoms with Crippen LogP contribution in [0.3, 0.4) is 0 Å². The van der Waals surface area contributed by atoms with Crippen molar-refractivity contribution in [2.45, 2.75) is 20.4 Å². The Labute approximate surface area is 188 Å². The molecule has 1 aromatic carbocycles. The smallest absolute Gasteiger partial charge is 0.264 e. The molecule has 0 aliphatic carbocycles. The second-order valence-corrected chi connectivity index (χ2v) is 9.21. The van der Waals surface area contributed by atoms with Gasteiger partial charge in [-0.1, -0.05) is 28.9 Å². The van der Waals surface area contributed by atoms with Gasteiger partial charge in [-0.15, -0.1) is 11.3 Å². The van der Waals surface area contributed by atoms with Gasteiger partial charge in [-0.05, 0) is 32.0 Å². The average molecular weight is 456 g/mol. The standard InChI is InChI=1S/C22H22ClN5O2S/c1-14-11-16(25-30-14)13-26-7-9-27(10-8-26)21(29)20-12-17-15(2)24-28(22(17)31-20)19-6-4-3-5-18(19)23/h3-6,11-12H,7-10,13H2,1-2H3. The number of carbonyl (C=O) groups excluding carboxylic acids is 1. The van der Waals surface area contributed by atoms with Crippen LogP contribution in [0.15, 0.2) is 40.9 Å². The summed E-state index contributed by atoms with van der Waals surface area (Å²) in [5.74, 6) is 0.891. The van der Waals surface area contributed by atoms with Crippen molar-refractivity contribution in [1.29, 1.82) is 0 Å². The minimum Gasteiger partial charge on any atom is -0.361 e. The van der Waals surface area contributed by atoms with Crippen LogP contribution in [-0.4, -0.2) is 56.8 Å². The normalized spacial score (nSPS) is 15.1. The lowest BCUT2D eigenvalue weighted by atomic mass is 10.2. The highest BCUT2D eigenvalue weighted by Gasteiger charge is 2.25. The fourth-order valence-electron chi connectivity index (χ4n) is 3.93. The number of amides is 1. The van der Waals surface area contributed by atoms with Crippen molar-refractivity contribution in [2.24, 2.45) is 0 Å².